The molecule has 5 nitrogen and oxygen atoms in total. The molecule has 13 heavy (non-hydrogen) atoms. The van der Waals surface area contributed by atoms with Crippen LogP contribution >= 0.6 is 16.1 Å². The third-order valence-electron chi connectivity index (χ3n) is 1.43. The van der Waals surface area contributed by atoms with Crippen molar-refractivity contribution in [2.45, 2.75) is 0 Å². The van der Waals surface area contributed by atoms with Gasteiger partial charge >= 0.3 is 0 Å². The molecule has 0 radical (unpaired) electrons. The van der Waals surface area contributed by atoms with Crippen LogP contribution in [0.1, 0.15) is 0 Å². The lowest BCUT2D eigenvalue weighted by atomic mass is 10.5. The summed E-state index contributed by atoms with van der Waals surface area (Å²) in [6.07, 6.45) is 5.02. The summed E-state index contributed by atoms with van der Waals surface area (Å²) in [4.78, 5) is 6.98. The van der Waals surface area contributed by atoms with Crippen molar-refractivity contribution in [3.05, 3.63) is 30.7 Å². The molecule has 66 valence electrons. The number of rotatable bonds is 2. The highest BCUT2D eigenvalue weighted by Gasteiger charge is 2.08. The predicted molar refractivity (Wildman–Crippen MR) is 51.7 cm³/mol. The number of nitrogens with zero attached hydrogens (tertiary/aromatic N) is 4. The summed E-state index contributed by atoms with van der Waals surface area (Å²) in [5.74, 6) is 1.35. The van der Waals surface area contributed by atoms with Gasteiger partial charge in [0.1, 0.15) is 0 Å². The molecule has 0 saturated heterocycles. The van der Waals surface area contributed by atoms with Gasteiger partial charge in [0, 0.05) is 18.6 Å². The molecule has 0 aromatic carbocycles. The first-order valence-corrected chi connectivity index (χ1v) is 4.32. The molecule has 0 unspecified atom stereocenters. The van der Waals surface area contributed by atoms with Crippen molar-refractivity contribution in [2.24, 2.45) is 0 Å². The Labute approximate surface area is 83.2 Å². The van der Waals surface area contributed by atoms with E-state index in [4.69, 9.17) is 0 Å². The molecule has 6 heteroatoms. The molecule has 2 rings (SSSR count). The van der Waals surface area contributed by atoms with Crippen molar-refractivity contribution in [1.82, 2.24) is 20.2 Å². The Hall–Kier alpha value is -1.43. The largest absolute Gasteiger partial charge is 0.330 e. The minimum Gasteiger partial charge on any atom is -0.330 e. The summed E-state index contributed by atoms with van der Waals surface area (Å²) < 4.78 is 1.64. The fourth-order valence-corrected chi connectivity index (χ4v) is 1.25. The smallest absolute Gasteiger partial charge is 0.219 e. The summed E-state index contributed by atoms with van der Waals surface area (Å²) in [5.41, 5.74) is 0. The molecule has 0 saturated carbocycles. The molecule has 0 spiro atoms. The van der Waals surface area contributed by atoms with Crippen LogP contribution in [-0.4, -0.2) is 20.2 Å². The van der Waals surface area contributed by atoms with E-state index >= 15 is 0 Å². The van der Waals surface area contributed by atoms with Crippen molar-refractivity contribution < 1.29 is 0 Å². The van der Waals surface area contributed by atoms with Gasteiger partial charge in [-0.3, -0.25) is 0 Å². The Morgan fingerprint density at radius 2 is 2.31 bits per heavy atom. The van der Waals surface area contributed by atoms with E-state index in [1.807, 2.05) is 6.07 Å². The predicted octanol–water partition coefficient (Wildman–Crippen LogP) is 1.65. The SMILES string of the molecule is BrN(c1cccnn1)c1ncc[nH]1. The van der Waals surface area contributed by atoms with Gasteiger partial charge in [0.15, 0.2) is 5.82 Å². The zero-order chi connectivity index (χ0) is 9.10. The summed E-state index contributed by atoms with van der Waals surface area (Å²) in [7, 11) is 0. The highest BCUT2D eigenvalue weighted by molar-refractivity contribution is 9.10. The van der Waals surface area contributed by atoms with Crippen LogP contribution in [0.25, 0.3) is 0 Å². The molecule has 0 fully saturated rings. The number of H-pyrrole nitrogens is 1. The lowest BCUT2D eigenvalue weighted by Gasteiger charge is -2.09. The second kappa shape index (κ2) is 3.53. The standard InChI is InChI=1S/C7H6BrN5/c8-13(7-9-4-5-10-7)6-2-1-3-11-12-6/h1-5H,(H,9,10). The molecular weight excluding hydrogens is 234 g/mol. The molecule has 1 N–H and O–H groups in total. The number of anilines is 2. The molecular formula is C7H6BrN5. The fourth-order valence-electron chi connectivity index (χ4n) is 0.871. The maximum absolute atomic E-state index is 4.05. The highest BCUT2D eigenvalue weighted by Crippen LogP contribution is 2.21. The quantitative estimate of drug-likeness (QED) is 0.811. The van der Waals surface area contributed by atoms with Gasteiger partial charge in [-0.1, -0.05) is 0 Å². The lowest BCUT2D eigenvalue weighted by molar-refractivity contribution is 1.01. The molecule has 0 aliphatic heterocycles. The number of aromatic amines is 1. The second-order valence-electron chi connectivity index (χ2n) is 2.28. The van der Waals surface area contributed by atoms with Crippen LogP contribution in [-0.2, 0) is 0 Å². The van der Waals surface area contributed by atoms with E-state index in [0.717, 1.165) is 0 Å². The molecule has 2 heterocycles. The van der Waals surface area contributed by atoms with Crippen molar-refractivity contribution >= 4 is 27.9 Å². The van der Waals surface area contributed by atoms with Crippen molar-refractivity contribution in [2.75, 3.05) is 3.93 Å². The van der Waals surface area contributed by atoms with Crippen LogP contribution in [0.5, 0.6) is 0 Å². The fraction of sp³-hybridized carbons (Fsp3) is 0. The van der Waals surface area contributed by atoms with Crippen LogP contribution in [0.4, 0.5) is 11.8 Å². The van der Waals surface area contributed by atoms with Gasteiger partial charge in [0.25, 0.3) is 0 Å². The number of aromatic nitrogens is 4. The maximum atomic E-state index is 4.05. The van der Waals surface area contributed by atoms with Gasteiger partial charge in [-0.15, -0.1) is 5.10 Å². The number of hydrogen-bond acceptors (Lipinski definition) is 4. The zero-order valence-corrected chi connectivity index (χ0v) is 8.14. The number of halogens is 1. The maximum Gasteiger partial charge on any atom is 0.219 e. The van der Waals surface area contributed by atoms with Gasteiger partial charge in [0.2, 0.25) is 5.95 Å². The molecule has 0 aliphatic carbocycles. The second-order valence-corrected chi connectivity index (χ2v) is 2.98. The normalized spacial score (nSPS) is 9.92. The van der Waals surface area contributed by atoms with Crippen molar-refractivity contribution in [3.63, 3.8) is 0 Å². The Kier molecular flexibility index (Phi) is 2.22. The zero-order valence-electron chi connectivity index (χ0n) is 6.55. The highest BCUT2D eigenvalue weighted by atomic mass is 79.9. The summed E-state index contributed by atoms with van der Waals surface area (Å²) in [5, 5.41) is 7.66. The van der Waals surface area contributed by atoms with E-state index in [0.29, 0.717) is 11.8 Å². The van der Waals surface area contributed by atoms with Crippen LogP contribution in [0.2, 0.25) is 0 Å². The van der Waals surface area contributed by atoms with E-state index in [1.165, 1.54) is 0 Å². The first kappa shape index (κ1) is 8.18. The van der Waals surface area contributed by atoms with Gasteiger partial charge in [0.05, 0.1) is 16.1 Å². The number of nitrogens with one attached hydrogen (secondary N) is 1. The average molecular weight is 240 g/mol. The molecule has 0 bridgehead atoms. The Bertz CT molecular complexity index is 360. The minimum absolute atomic E-state index is 0.667. The monoisotopic (exact) mass is 239 g/mol. The Morgan fingerprint density at radius 3 is 2.92 bits per heavy atom. The topological polar surface area (TPSA) is 57.7 Å². The third-order valence-corrected chi connectivity index (χ3v) is 2.13. The first-order valence-electron chi connectivity index (χ1n) is 3.61. The van der Waals surface area contributed by atoms with Gasteiger partial charge in [-0.05, 0) is 12.1 Å². The van der Waals surface area contributed by atoms with Crippen LogP contribution in [0.3, 0.4) is 0 Å². The van der Waals surface area contributed by atoms with Crippen LogP contribution < -0.4 is 3.93 Å². The van der Waals surface area contributed by atoms with Gasteiger partial charge in [-0.25, -0.2) is 8.91 Å². The van der Waals surface area contributed by atoms with E-state index in [1.54, 1.807) is 28.6 Å². The number of imidazole rings is 1. The Morgan fingerprint density at radius 1 is 1.38 bits per heavy atom. The summed E-state index contributed by atoms with van der Waals surface area (Å²) in [6.45, 7) is 0. The van der Waals surface area contributed by atoms with Crippen molar-refractivity contribution in [1.29, 1.82) is 0 Å². The van der Waals surface area contributed by atoms with Gasteiger partial charge in [-0.2, -0.15) is 5.10 Å². The third kappa shape index (κ3) is 1.67. The summed E-state index contributed by atoms with van der Waals surface area (Å²) in [6, 6.07) is 3.63. The van der Waals surface area contributed by atoms with E-state index in [-0.39, 0.29) is 0 Å². The van der Waals surface area contributed by atoms with Gasteiger partial charge < -0.3 is 4.98 Å². The average Bonchev–Trinajstić information content (AvgIpc) is 2.71. The van der Waals surface area contributed by atoms with E-state index in [9.17, 15) is 0 Å². The summed E-state index contributed by atoms with van der Waals surface area (Å²) >= 11 is 3.31. The molecule has 0 amide bonds. The first-order chi connectivity index (χ1) is 6.38. The molecule has 0 aliphatic rings. The van der Waals surface area contributed by atoms with E-state index in [2.05, 4.69) is 36.3 Å². The van der Waals surface area contributed by atoms with Crippen LogP contribution in [0, 0.1) is 0 Å². The molecule has 0 atom stereocenters. The molecule has 2 aromatic heterocycles. The Balaban J connectivity index is 2.29. The lowest BCUT2D eigenvalue weighted by Crippen LogP contribution is -2.05. The van der Waals surface area contributed by atoms with E-state index < -0.39 is 0 Å². The number of hydrogen-bond donors (Lipinski definition) is 1. The molecule has 2 aromatic rings. The van der Waals surface area contributed by atoms with Crippen LogP contribution in [0.15, 0.2) is 30.7 Å². The minimum atomic E-state index is 0.667. The van der Waals surface area contributed by atoms with Crippen molar-refractivity contribution in [3.8, 4) is 0 Å².